The lowest BCUT2D eigenvalue weighted by molar-refractivity contribution is -0.0504. The van der Waals surface area contributed by atoms with E-state index >= 15 is 0 Å². The smallest absolute Gasteiger partial charge is 0.387 e. The summed E-state index contributed by atoms with van der Waals surface area (Å²) in [5.41, 5.74) is 0.528. The minimum atomic E-state index is -2.90. The van der Waals surface area contributed by atoms with E-state index in [0.717, 1.165) is 32.8 Å². The van der Waals surface area contributed by atoms with Crippen LogP contribution in [0.2, 0.25) is 0 Å². The molecule has 1 aliphatic rings. The van der Waals surface area contributed by atoms with Crippen LogP contribution in [0.15, 0.2) is 23.2 Å². The molecule has 1 heterocycles. The third-order valence-corrected chi connectivity index (χ3v) is 5.00. The van der Waals surface area contributed by atoms with E-state index in [4.69, 9.17) is 9.47 Å². The Morgan fingerprint density at radius 3 is 2.57 bits per heavy atom. The van der Waals surface area contributed by atoms with Crippen molar-refractivity contribution in [1.29, 1.82) is 0 Å². The molecular weight excluding hydrogens is 394 g/mol. The average molecular weight is 429 g/mol. The molecule has 1 aromatic rings. The normalized spacial score (nSPS) is 16.6. The SMILES string of the molecule is CCNC(=NCc1cc(OC)ccc1OC(F)F)NCC(C(C)C)N1CCOCC1. The van der Waals surface area contributed by atoms with Gasteiger partial charge in [-0.15, -0.1) is 0 Å². The van der Waals surface area contributed by atoms with Crippen molar-refractivity contribution in [3.05, 3.63) is 23.8 Å². The van der Waals surface area contributed by atoms with E-state index in [1.54, 1.807) is 12.1 Å². The molecule has 0 radical (unpaired) electrons. The number of hydrogen-bond donors (Lipinski definition) is 2. The van der Waals surface area contributed by atoms with Crippen LogP contribution < -0.4 is 20.1 Å². The lowest BCUT2D eigenvalue weighted by Gasteiger charge is -2.37. The summed E-state index contributed by atoms with van der Waals surface area (Å²) in [5.74, 6) is 1.75. The number of guanidine groups is 1. The average Bonchev–Trinajstić information content (AvgIpc) is 2.73. The van der Waals surface area contributed by atoms with Crippen molar-refractivity contribution in [1.82, 2.24) is 15.5 Å². The molecule has 7 nitrogen and oxygen atoms in total. The monoisotopic (exact) mass is 428 g/mol. The molecule has 0 amide bonds. The summed E-state index contributed by atoms with van der Waals surface area (Å²) < 4.78 is 40.8. The van der Waals surface area contributed by atoms with Gasteiger partial charge in [-0.25, -0.2) is 4.99 Å². The number of alkyl halides is 2. The molecule has 30 heavy (non-hydrogen) atoms. The van der Waals surface area contributed by atoms with Crippen LogP contribution in [0, 0.1) is 5.92 Å². The third kappa shape index (κ3) is 7.60. The molecular formula is C21H34F2N4O3. The number of benzene rings is 1. The Morgan fingerprint density at radius 1 is 1.23 bits per heavy atom. The van der Waals surface area contributed by atoms with Crippen LogP contribution in [-0.4, -0.2) is 70.0 Å². The molecule has 0 spiro atoms. The van der Waals surface area contributed by atoms with Crippen LogP contribution in [0.4, 0.5) is 8.78 Å². The first kappa shape index (κ1) is 24.1. The van der Waals surface area contributed by atoms with Crippen molar-refractivity contribution < 1.29 is 23.0 Å². The van der Waals surface area contributed by atoms with Gasteiger partial charge < -0.3 is 24.8 Å². The van der Waals surface area contributed by atoms with Gasteiger partial charge in [-0.05, 0) is 31.0 Å². The summed E-state index contributed by atoms with van der Waals surface area (Å²) in [6, 6.07) is 5.07. The van der Waals surface area contributed by atoms with Crippen LogP contribution in [0.3, 0.4) is 0 Å². The highest BCUT2D eigenvalue weighted by atomic mass is 19.3. The van der Waals surface area contributed by atoms with Gasteiger partial charge in [0, 0.05) is 37.8 Å². The van der Waals surface area contributed by atoms with Gasteiger partial charge >= 0.3 is 6.61 Å². The Morgan fingerprint density at radius 2 is 1.97 bits per heavy atom. The van der Waals surface area contributed by atoms with Crippen LogP contribution in [0.5, 0.6) is 11.5 Å². The van der Waals surface area contributed by atoms with Gasteiger partial charge in [0.25, 0.3) is 0 Å². The number of methoxy groups -OCH3 is 1. The molecule has 0 aromatic heterocycles. The fourth-order valence-corrected chi connectivity index (χ4v) is 3.42. The molecule has 170 valence electrons. The molecule has 0 saturated carbocycles. The zero-order valence-electron chi connectivity index (χ0n) is 18.3. The van der Waals surface area contributed by atoms with Gasteiger partial charge in [0.05, 0.1) is 26.9 Å². The first-order chi connectivity index (χ1) is 14.4. The summed E-state index contributed by atoms with van der Waals surface area (Å²) in [4.78, 5) is 7.01. The molecule has 1 aromatic carbocycles. The lowest BCUT2D eigenvalue weighted by atomic mass is 10.0. The molecule has 1 atom stereocenters. The zero-order chi connectivity index (χ0) is 21.9. The summed E-state index contributed by atoms with van der Waals surface area (Å²) in [6.45, 7) is 8.41. The molecule has 2 rings (SSSR count). The summed E-state index contributed by atoms with van der Waals surface area (Å²) in [5, 5.41) is 6.61. The largest absolute Gasteiger partial charge is 0.497 e. The quantitative estimate of drug-likeness (QED) is 0.441. The predicted molar refractivity (Wildman–Crippen MR) is 113 cm³/mol. The van der Waals surface area contributed by atoms with Gasteiger partial charge in [0.2, 0.25) is 0 Å². The van der Waals surface area contributed by atoms with Gasteiger partial charge in [-0.1, -0.05) is 13.8 Å². The lowest BCUT2D eigenvalue weighted by Crippen LogP contribution is -2.52. The van der Waals surface area contributed by atoms with E-state index in [2.05, 4.69) is 39.1 Å². The zero-order valence-corrected chi connectivity index (χ0v) is 18.3. The number of morpholine rings is 1. The molecule has 9 heteroatoms. The highest BCUT2D eigenvalue weighted by Gasteiger charge is 2.24. The molecule has 1 unspecified atom stereocenters. The maximum atomic E-state index is 12.7. The second-order valence-corrected chi connectivity index (χ2v) is 7.39. The van der Waals surface area contributed by atoms with Crippen molar-refractivity contribution in [3.8, 4) is 11.5 Å². The number of nitrogens with one attached hydrogen (secondary N) is 2. The minimum absolute atomic E-state index is 0.0961. The maximum absolute atomic E-state index is 12.7. The van der Waals surface area contributed by atoms with Crippen molar-refractivity contribution in [3.63, 3.8) is 0 Å². The standard InChI is InChI=1S/C21H34F2N4O3/c1-5-24-21(26-14-18(15(2)3)27-8-10-29-11-9-27)25-13-16-12-17(28-4)6-7-19(16)30-20(22)23/h6-7,12,15,18,20H,5,8-11,13-14H2,1-4H3,(H2,24,25,26). The summed E-state index contributed by atoms with van der Waals surface area (Å²) in [6.07, 6.45) is 0. The van der Waals surface area contributed by atoms with Gasteiger partial charge in [-0.3, -0.25) is 4.90 Å². The minimum Gasteiger partial charge on any atom is -0.497 e. The van der Waals surface area contributed by atoms with Gasteiger partial charge in [-0.2, -0.15) is 8.78 Å². The van der Waals surface area contributed by atoms with Crippen molar-refractivity contribution in [2.24, 2.45) is 10.9 Å². The van der Waals surface area contributed by atoms with E-state index in [0.29, 0.717) is 35.8 Å². The number of halogens is 2. The number of nitrogens with zero attached hydrogens (tertiary/aromatic N) is 2. The van der Waals surface area contributed by atoms with Crippen molar-refractivity contribution in [2.45, 2.75) is 40.0 Å². The Balaban J connectivity index is 2.09. The van der Waals surface area contributed by atoms with Crippen LogP contribution in [0.1, 0.15) is 26.3 Å². The molecule has 1 saturated heterocycles. The third-order valence-electron chi connectivity index (χ3n) is 5.00. The van der Waals surface area contributed by atoms with Crippen LogP contribution >= 0.6 is 0 Å². The Labute approximate surface area is 177 Å². The van der Waals surface area contributed by atoms with Gasteiger partial charge in [0.1, 0.15) is 11.5 Å². The van der Waals surface area contributed by atoms with Gasteiger partial charge in [0.15, 0.2) is 5.96 Å². The highest BCUT2D eigenvalue weighted by Crippen LogP contribution is 2.26. The second-order valence-electron chi connectivity index (χ2n) is 7.39. The van der Waals surface area contributed by atoms with E-state index in [1.807, 2.05) is 6.92 Å². The first-order valence-corrected chi connectivity index (χ1v) is 10.4. The summed E-state index contributed by atoms with van der Waals surface area (Å²) in [7, 11) is 1.53. The van der Waals surface area contributed by atoms with E-state index in [-0.39, 0.29) is 12.3 Å². The Kier molecular flexibility index (Phi) is 10.1. The van der Waals surface area contributed by atoms with E-state index < -0.39 is 6.61 Å². The Bertz CT molecular complexity index is 668. The number of aliphatic imine (C=N–C) groups is 1. The second kappa shape index (κ2) is 12.5. The molecule has 1 fully saturated rings. The number of hydrogen-bond acceptors (Lipinski definition) is 5. The first-order valence-electron chi connectivity index (χ1n) is 10.4. The molecule has 1 aliphatic heterocycles. The van der Waals surface area contributed by atoms with Crippen LogP contribution in [-0.2, 0) is 11.3 Å². The molecule has 0 aliphatic carbocycles. The van der Waals surface area contributed by atoms with E-state index in [9.17, 15) is 8.78 Å². The predicted octanol–water partition coefficient (Wildman–Crippen LogP) is 2.71. The van der Waals surface area contributed by atoms with Crippen molar-refractivity contribution >= 4 is 5.96 Å². The fraction of sp³-hybridized carbons (Fsp3) is 0.667. The van der Waals surface area contributed by atoms with Crippen LogP contribution in [0.25, 0.3) is 0 Å². The highest BCUT2D eigenvalue weighted by molar-refractivity contribution is 5.79. The fourth-order valence-electron chi connectivity index (χ4n) is 3.42. The topological polar surface area (TPSA) is 67.4 Å². The number of rotatable bonds is 10. The molecule has 2 N–H and O–H groups in total. The van der Waals surface area contributed by atoms with E-state index in [1.165, 1.54) is 13.2 Å². The number of ether oxygens (including phenoxy) is 3. The molecule has 0 bridgehead atoms. The summed E-state index contributed by atoms with van der Waals surface area (Å²) >= 11 is 0. The van der Waals surface area contributed by atoms with Crippen molar-refractivity contribution in [2.75, 3.05) is 46.5 Å². The Hall–Kier alpha value is -2.13. The maximum Gasteiger partial charge on any atom is 0.387 e.